The van der Waals surface area contributed by atoms with Gasteiger partial charge in [-0.15, -0.1) is 12.4 Å². The predicted molar refractivity (Wildman–Crippen MR) is 112 cm³/mol. The minimum atomic E-state index is -0.264. The average molecular weight is 420 g/mol. The zero-order valence-corrected chi connectivity index (χ0v) is 17.4. The lowest BCUT2D eigenvalue weighted by Crippen LogP contribution is -2.33. The van der Waals surface area contributed by atoms with Crippen molar-refractivity contribution in [3.05, 3.63) is 58.2 Å². The fourth-order valence-corrected chi connectivity index (χ4v) is 4.47. The van der Waals surface area contributed by atoms with E-state index in [1.54, 1.807) is 17.0 Å². The molecule has 156 valence electrons. The Morgan fingerprint density at radius 2 is 1.97 bits per heavy atom. The van der Waals surface area contributed by atoms with Crippen molar-refractivity contribution in [3.63, 3.8) is 0 Å². The minimum Gasteiger partial charge on any atom is -0.343 e. The number of benzene rings is 1. The number of carbonyl (C=O) groups excluding carboxylic acids is 2. The summed E-state index contributed by atoms with van der Waals surface area (Å²) in [6, 6.07) is 6.48. The van der Waals surface area contributed by atoms with Crippen LogP contribution in [0.5, 0.6) is 0 Å². The lowest BCUT2D eigenvalue weighted by atomic mass is 9.92. The van der Waals surface area contributed by atoms with Crippen molar-refractivity contribution in [1.29, 1.82) is 0 Å². The Balaban J connectivity index is 0.00000240. The number of amides is 1. The van der Waals surface area contributed by atoms with Gasteiger partial charge in [0.1, 0.15) is 5.82 Å². The van der Waals surface area contributed by atoms with Gasteiger partial charge in [0.25, 0.3) is 0 Å². The van der Waals surface area contributed by atoms with Gasteiger partial charge in [-0.2, -0.15) is 0 Å². The molecule has 1 aromatic heterocycles. The zero-order valence-electron chi connectivity index (χ0n) is 16.6. The van der Waals surface area contributed by atoms with E-state index in [1.165, 1.54) is 12.1 Å². The van der Waals surface area contributed by atoms with E-state index in [-0.39, 0.29) is 42.4 Å². The van der Waals surface area contributed by atoms with Gasteiger partial charge in [-0.3, -0.25) is 9.59 Å². The van der Waals surface area contributed by atoms with E-state index < -0.39 is 0 Å². The van der Waals surface area contributed by atoms with E-state index in [2.05, 4.69) is 4.57 Å². The lowest BCUT2D eigenvalue weighted by Gasteiger charge is -2.17. The van der Waals surface area contributed by atoms with Crippen molar-refractivity contribution in [2.24, 2.45) is 5.73 Å². The first kappa shape index (κ1) is 21.5. The van der Waals surface area contributed by atoms with E-state index in [4.69, 9.17) is 5.73 Å². The molecule has 2 N–H and O–H groups in total. The van der Waals surface area contributed by atoms with Crippen LogP contribution in [0.2, 0.25) is 0 Å². The summed E-state index contributed by atoms with van der Waals surface area (Å²) in [5.41, 5.74) is 10.5. The molecule has 0 bridgehead atoms. The summed E-state index contributed by atoms with van der Waals surface area (Å²) in [6.45, 7) is 3.83. The lowest BCUT2D eigenvalue weighted by molar-refractivity contribution is -0.129. The van der Waals surface area contributed by atoms with Crippen LogP contribution in [-0.2, 0) is 24.2 Å². The van der Waals surface area contributed by atoms with Crippen LogP contribution in [0.3, 0.4) is 0 Å². The summed E-state index contributed by atoms with van der Waals surface area (Å²) in [4.78, 5) is 27.3. The smallest absolute Gasteiger partial charge is 0.227 e. The highest BCUT2D eigenvalue weighted by Gasteiger charge is 2.31. The van der Waals surface area contributed by atoms with E-state index in [0.717, 1.165) is 47.3 Å². The molecule has 0 saturated carbocycles. The maximum atomic E-state index is 13.2. The zero-order chi connectivity index (χ0) is 19.8. The molecule has 1 saturated heterocycles. The van der Waals surface area contributed by atoms with E-state index >= 15 is 0 Å². The van der Waals surface area contributed by atoms with Gasteiger partial charge >= 0.3 is 0 Å². The van der Waals surface area contributed by atoms with Crippen LogP contribution in [0.25, 0.3) is 0 Å². The molecular formula is C22H27ClFN3O2. The fraction of sp³-hybridized carbons (Fsp3) is 0.455. The van der Waals surface area contributed by atoms with Crippen molar-refractivity contribution in [3.8, 4) is 0 Å². The minimum absolute atomic E-state index is 0. The van der Waals surface area contributed by atoms with Crippen LogP contribution in [0.15, 0.2) is 24.3 Å². The molecule has 5 nitrogen and oxygen atoms in total. The van der Waals surface area contributed by atoms with Crippen LogP contribution in [-0.4, -0.2) is 40.3 Å². The molecule has 0 spiro atoms. The summed E-state index contributed by atoms with van der Waals surface area (Å²) < 4.78 is 15.4. The van der Waals surface area contributed by atoms with Crippen LogP contribution in [0, 0.1) is 12.7 Å². The van der Waals surface area contributed by atoms with Crippen LogP contribution in [0.4, 0.5) is 4.39 Å². The third-order valence-corrected chi connectivity index (χ3v) is 6.01. The molecule has 4 rings (SSSR count). The highest BCUT2D eigenvalue weighted by molar-refractivity contribution is 6.01. The molecule has 7 heteroatoms. The topological polar surface area (TPSA) is 68.3 Å². The largest absolute Gasteiger partial charge is 0.343 e. The second-order valence-electron chi connectivity index (χ2n) is 7.94. The average Bonchev–Trinajstić information content (AvgIpc) is 3.21. The quantitative estimate of drug-likeness (QED) is 0.828. The van der Waals surface area contributed by atoms with E-state index in [9.17, 15) is 14.0 Å². The summed E-state index contributed by atoms with van der Waals surface area (Å²) in [5, 5.41) is 0. The maximum absolute atomic E-state index is 13.2. The molecule has 1 aliphatic heterocycles. The summed E-state index contributed by atoms with van der Waals surface area (Å²) in [7, 11) is 0. The molecule has 0 radical (unpaired) electrons. The third kappa shape index (κ3) is 4.23. The Bertz CT molecular complexity index is 923. The van der Waals surface area contributed by atoms with Crippen molar-refractivity contribution in [2.75, 3.05) is 13.1 Å². The SMILES string of the molecule is Cc1c(CC(=O)N2CCC(N)C2)c2c(n1Cc1ccc(F)cc1)CCCC2=O.Cl. The summed E-state index contributed by atoms with van der Waals surface area (Å²) in [5.74, 6) is -0.0976. The van der Waals surface area contributed by atoms with Gasteiger partial charge < -0.3 is 15.2 Å². The van der Waals surface area contributed by atoms with E-state index in [0.29, 0.717) is 26.1 Å². The third-order valence-electron chi connectivity index (χ3n) is 6.01. The number of halogens is 2. The number of Topliss-reactive ketones (excluding diaryl/α,β-unsaturated/α-hetero) is 1. The van der Waals surface area contributed by atoms with Gasteiger partial charge in [0, 0.05) is 49.0 Å². The fourth-order valence-electron chi connectivity index (χ4n) is 4.47. The number of fused-ring (bicyclic) bond motifs is 1. The van der Waals surface area contributed by atoms with Crippen molar-refractivity contribution >= 4 is 24.1 Å². The first-order chi connectivity index (χ1) is 13.4. The highest BCUT2D eigenvalue weighted by Crippen LogP contribution is 2.31. The van der Waals surface area contributed by atoms with Crippen molar-refractivity contribution < 1.29 is 14.0 Å². The molecule has 1 fully saturated rings. The van der Waals surface area contributed by atoms with Gasteiger partial charge in [-0.25, -0.2) is 4.39 Å². The molecule has 1 aliphatic carbocycles. The monoisotopic (exact) mass is 419 g/mol. The summed E-state index contributed by atoms with van der Waals surface area (Å²) in [6.07, 6.45) is 3.25. The molecule has 1 atom stereocenters. The predicted octanol–water partition coefficient (Wildman–Crippen LogP) is 3.03. The van der Waals surface area contributed by atoms with Crippen LogP contribution < -0.4 is 5.73 Å². The maximum Gasteiger partial charge on any atom is 0.227 e. The molecule has 29 heavy (non-hydrogen) atoms. The number of nitrogens with two attached hydrogens (primary N) is 1. The van der Waals surface area contributed by atoms with Crippen molar-refractivity contribution in [2.45, 2.75) is 51.6 Å². The molecule has 1 unspecified atom stereocenters. The number of carbonyl (C=O) groups is 2. The van der Waals surface area contributed by atoms with Gasteiger partial charge in [0.15, 0.2) is 5.78 Å². The number of aromatic nitrogens is 1. The number of rotatable bonds is 4. The number of nitrogens with zero attached hydrogens (tertiary/aromatic N) is 2. The van der Waals surface area contributed by atoms with Gasteiger partial charge in [0.2, 0.25) is 5.91 Å². The number of likely N-dealkylation sites (tertiary alicyclic amines) is 1. The molecule has 1 aromatic carbocycles. The normalized spacial score (nSPS) is 18.5. The van der Waals surface area contributed by atoms with Crippen LogP contribution in [0.1, 0.15) is 52.1 Å². The second kappa shape index (κ2) is 8.67. The Kier molecular flexibility index (Phi) is 6.44. The summed E-state index contributed by atoms with van der Waals surface area (Å²) >= 11 is 0. The van der Waals surface area contributed by atoms with Gasteiger partial charge in [0.05, 0.1) is 6.42 Å². The van der Waals surface area contributed by atoms with Crippen LogP contribution >= 0.6 is 12.4 Å². The second-order valence-corrected chi connectivity index (χ2v) is 7.94. The Morgan fingerprint density at radius 3 is 2.62 bits per heavy atom. The number of ketones is 1. The molecular weight excluding hydrogens is 393 g/mol. The van der Waals surface area contributed by atoms with E-state index in [1.807, 2.05) is 6.92 Å². The number of hydrogen-bond donors (Lipinski definition) is 1. The van der Waals surface area contributed by atoms with Gasteiger partial charge in [-0.05, 0) is 49.4 Å². The van der Waals surface area contributed by atoms with Gasteiger partial charge in [-0.1, -0.05) is 12.1 Å². The molecule has 2 heterocycles. The number of hydrogen-bond acceptors (Lipinski definition) is 3. The van der Waals surface area contributed by atoms with Crippen molar-refractivity contribution in [1.82, 2.24) is 9.47 Å². The Labute approximate surface area is 176 Å². The first-order valence-corrected chi connectivity index (χ1v) is 9.96. The highest BCUT2D eigenvalue weighted by atomic mass is 35.5. The Hall–Kier alpha value is -2.18. The molecule has 2 aliphatic rings. The first-order valence-electron chi connectivity index (χ1n) is 9.96. The molecule has 1 amide bonds. The Morgan fingerprint density at radius 1 is 1.24 bits per heavy atom. The standard InChI is InChI=1S/C22H26FN3O2.ClH/c1-14-18(11-21(28)25-10-9-17(24)13-25)22-19(3-2-4-20(22)27)26(14)12-15-5-7-16(23)8-6-15;/h5-8,17H,2-4,9-13,24H2,1H3;1H. The molecule has 2 aromatic rings.